The summed E-state index contributed by atoms with van der Waals surface area (Å²) in [5, 5.41) is 11.5. The van der Waals surface area contributed by atoms with E-state index in [-0.39, 0.29) is 11.2 Å². The molecule has 0 unspecified atom stereocenters. The SMILES string of the molecule is CCn1cnnc1S[C@H](C)C(=O)Nc1ccc(OC)c(Cl)c1. The summed E-state index contributed by atoms with van der Waals surface area (Å²) in [5.41, 5.74) is 0.625. The van der Waals surface area contributed by atoms with Crippen LogP contribution < -0.4 is 10.1 Å². The van der Waals surface area contributed by atoms with Crippen molar-refractivity contribution in [3.63, 3.8) is 0 Å². The first kappa shape index (κ1) is 16.6. The van der Waals surface area contributed by atoms with Crippen LogP contribution in [0.15, 0.2) is 29.7 Å². The molecule has 0 aliphatic rings. The summed E-state index contributed by atoms with van der Waals surface area (Å²) in [6, 6.07) is 5.11. The molecule has 1 N–H and O–H groups in total. The van der Waals surface area contributed by atoms with Crippen molar-refractivity contribution in [2.45, 2.75) is 30.8 Å². The second-order valence-electron chi connectivity index (χ2n) is 4.50. The van der Waals surface area contributed by atoms with Gasteiger partial charge in [0.15, 0.2) is 5.16 Å². The summed E-state index contributed by atoms with van der Waals surface area (Å²) in [7, 11) is 1.54. The number of nitrogens with zero attached hydrogens (tertiary/aromatic N) is 3. The van der Waals surface area contributed by atoms with Gasteiger partial charge in [0.05, 0.1) is 17.4 Å². The molecule has 6 nitrogen and oxygen atoms in total. The van der Waals surface area contributed by atoms with E-state index in [4.69, 9.17) is 16.3 Å². The fourth-order valence-corrected chi connectivity index (χ4v) is 2.90. The molecule has 1 atom stereocenters. The number of anilines is 1. The van der Waals surface area contributed by atoms with Crippen LogP contribution in [0.1, 0.15) is 13.8 Å². The molecule has 0 fully saturated rings. The zero-order valence-electron chi connectivity index (χ0n) is 12.5. The number of aryl methyl sites for hydroxylation is 1. The summed E-state index contributed by atoms with van der Waals surface area (Å²) in [5.74, 6) is 0.440. The standard InChI is InChI=1S/C14H17ClN4O2S/c1-4-19-8-16-18-14(19)22-9(2)13(20)17-10-5-6-12(21-3)11(15)7-10/h5-9H,4H2,1-3H3,(H,17,20)/t9-/m1/s1. The van der Waals surface area contributed by atoms with Crippen LogP contribution in [0.5, 0.6) is 5.75 Å². The normalized spacial score (nSPS) is 12.0. The van der Waals surface area contributed by atoms with Crippen LogP contribution in [0.2, 0.25) is 5.02 Å². The van der Waals surface area contributed by atoms with Crippen LogP contribution in [0.4, 0.5) is 5.69 Å². The van der Waals surface area contributed by atoms with Gasteiger partial charge in [0.2, 0.25) is 5.91 Å². The fraction of sp³-hybridized carbons (Fsp3) is 0.357. The maximum Gasteiger partial charge on any atom is 0.237 e. The molecule has 118 valence electrons. The Balaban J connectivity index is 2.01. The van der Waals surface area contributed by atoms with E-state index in [0.29, 0.717) is 16.5 Å². The molecule has 0 aliphatic carbocycles. The highest BCUT2D eigenvalue weighted by atomic mass is 35.5. The molecule has 1 heterocycles. The Morgan fingerprint density at radius 1 is 1.55 bits per heavy atom. The van der Waals surface area contributed by atoms with Gasteiger partial charge in [-0.3, -0.25) is 4.79 Å². The number of hydrogen-bond acceptors (Lipinski definition) is 5. The maximum atomic E-state index is 12.2. The van der Waals surface area contributed by atoms with Gasteiger partial charge in [-0.15, -0.1) is 10.2 Å². The minimum atomic E-state index is -0.310. The molecular weight excluding hydrogens is 324 g/mol. The number of benzene rings is 1. The summed E-state index contributed by atoms with van der Waals surface area (Å²) in [4.78, 5) is 12.2. The highest BCUT2D eigenvalue weighted by molar-refractivity contribution is 8.00. The van der Waals surface area contributed by atoms with Crippen LogP contribution >= 0.6 is 23.4 Å². The number of thioether (sulfide) groups is 1. The van der Waals surface area contributed by atoms with E-state index < -0.39 is 0 Å². The van der Waals surface area contributed by atoms with Crippen molar-refractivity contribution < 1.29 is 9.53 Å². The summed E-state index contributed by atoms with van der Waals surface area (Å²) in [6.07, 6.45) is 1.65. The second kappa shape index (κ2) is 7.51. The topological polar surface area (TPSA) is 69.0 Å². The minimum Gasteiger partial charge on any atom is -0.495 e. The molecule has 1 aromatic heterocycles. The van der Waals surface area contributed by atoms with Crippen LogP contribution in [0.3, 0.4) is 0 Å². The molecular formula is C14H17ClN4O2S. The Kier molecular flexibility index (Phi) is 5.68. The predicted octanol–water partition coefficient (Wildman–Crippen LogP) is 3.08. The molecule has 1 amide bonds. The molecule has 0 bridgehead atoms. The van der Waals surface area contributed by atoms with Gasteiger partial charge in [-0.1, -0.05) is 23.4 Å². The van der Waals surface area contributed by atoms with Gasteiger partial charge in [0.1, 0.15) is 12.1 Å². The second-order valence-corrected chi connectivity index (χ2v) is 6.21. The van der Waals surface area contributed by atoms with Crippen molar-refractivity contribution in [1.29, 1.82) is 0 Å². The molecule has 2 aromatic rings. The Morgan fingerprint density at radius 2 is 2.32 bits per heavy atom. The summed E-state index contributed by atoms with van der Waals surface area (Å²) >= 11 is 7.40. The number of carbonyl (C=O) groups is 1. The Bertz CT molecular complexity index is 662. The third kappa shape index (κ3) is 3.92. The van der Waals surface area contributed by atoms with E-state index in [1.807, 2.05) is 18.4 Å². The van der Waals surface area contributed by atoms with Crippen LogP contribution in [0.25, 0.3) is 0 Å². The third-order valence-electron chi connectivity index (χ3n) is 2.99. The van der Waals surface area contributed by atoms with Gasteiger partial charge in [-0.2, -0.15) is 0 Å². The first-order valence-electron chi connectivity index (χ1n) is 6.74. The summed E-state index contributed by atoms with van der Waals surface area (Å²) in [6.45, 7) is 4.58. The monoisotopic (exact) mass is 340 g/mol. The van der Waals surface area contributed by atoms with Crippen LogP contribution in [-0.2, 0) is 11.3 Å². The van der Waals surface area contributed by atoms with Gasteiger partial charge >= 0.3 is 0 Å². The first-order valence-corrected chi connectivity index (χ1v) is 7.99. The van der Waals surface area contributed by atoms with Gasteiger partial charge in [-0.25, -0.2) is 0 Å². The van der Waals surface area contributed by atoms with Crippen molar-refractivity contribution in [2.75, 3.05) is 12.4 Å². The smallest absolute Gasteiger partial charge is 0.237 e. The molecule has 0 aliphatic heterocycles. The average Bonchev–Trinajstić information content (AvgIpc) is 2.94. The van der Waals surface area contributed by atoms with Crippen molar-refractivity contribution in [2.24, 2.45) is 0 Å². The van der Waals surface area contributed by atoms with Crippen molar-refractivity contribution in [3.05, 3.63) is 29.5 Å². The number of halogens is 1. The fourth-order valence-electron chi connectivity index (χ4n) is 1.75. The number of hydrogen-bond donors (Lipinski definition) is 1. The molecule has 0 saturated heterocycles. The molecule has 1 aromatic carbocycles. The average molecular weight is 341 g/mol. The third-order valence-corrected chi connectivity index (χ3v) is 4.38. The van der Waals surface area contributed by atoms with E-state index in [1.165, 1.54) is 11.8 Å². The lowest BCUT2D eigenvalue weighted by Gasteiger charge is -2.12. The number of methoxy groups -OCH3 is 1. The van der Waals surface area contributed by atoms with Crippen molar-refractivity contribution in [3.8, 4) is 5.75 Å². The Hall–Kier alpha value is -1.73. The number of ether oxygens (including phenoxy) is 1. The van der Waals surface area contributed by atoms with E-state index in [9.17, 15) is 4.79 Å². The van der Waals surface area contributed by atoms with Crippen LogP contribution in [0, 0.1) is 0 Å². The van der Waals surface area contributed by atoms with E-state index >= 15 is 0 Å². The van der Waals surface area contributed by atoms with Gasteiger partial charge in [0, 0.05) is 12.2 Å². The molecule has 0 radical (unpaired) electrons. The molecule has 22 heavy (non-hydrogen) atoms. The molecule has 8 heteroatoms. The Morgan fingerprint density at radius 3 is 2.95 bits per heavy atom. The van der Waals surface area contributed by atoms with E-state index in [0.717, 1.165) is 11.7 Å². The molecule has 0 spiro atoms. The zero-order valence-corrected chi connectivity index (χ0v) is 14.1. The Labute approximate surface area is 138 Å². The number of nitrogens with one attached hydrogen (secondary N) is 1. The number of carbonyl (C=O) groups excluding carboxylic acids is 1. The van der Waals surface area contributed by atoms with Crippen LogP contribution in [-0.4, -0.2) is 33.0 Å². The van der Waals surface area contributed by atoms with Crippen molar-refractivity contribution in [1.82, 2.24) is 14.8 Å². The minimum absolute atomic E-state index is 0.128. The lowest BCUT2D eigenvalue weighted by Crippen LogP contribution is -2.22. The maximum absolute atomic E-state index is 12.2. The lowest BCUT2D eigenvalue weighted by molar-refractivity contribution is -0.115. The number of amides is 1. The summed E-state index contributed by atoms with van der Waals surface area (Å²) < 4.78 is 6.97. The van der Waals surface area contributed by atoms with E-state index in [1.54, 1.807) is 31.6 Å². The largest absolute Gasteiger partial charge is 0.495 e. The molecule has 0 saturated carbocycles. The molecule has 2 rings (SSSR count). The van der Waals surface area contributed by atoms with E-state index in [2.05, 4.69) is 15.5 Å². The number of rotatable bonds is 6. The van der Waals surface area contributed by atoms with Crippen molar-refractivity contribution >= 4 is 35.0 Å². The van der Waals surface area contributed by atoms with Gasteiger partial charge in [0.25, 0.3) is 0 Å². The zero-order chi connectivity index (χ0) is 16.1. The first-order chi connectivity index (χ1) is 10.5. The van der Waals surface area contributed by atoms with Gasteiger partial charge < -0.3 is 14.6 Å². The highest BCUT2D eigenvalue weighted by Crippen LogP contribution is 2.28. The van der Waals surface area contributed by atoms with Gasteiger partial charge in [-0.05, 0) is 32.0 Å². The quantitative estimate of drug-likeness (QED) is 0.818. The predicted molar refractivity (Wildman–Crippen MR) is 87.6 cm³/mol. The highest BCUT2D eigenvalue weighted by Gasteiger charge is 2.18. The lowest BCUT2D eigenvalue weighted by atomic mass is 10.3. The number of aromatic nitrogens is 3.